The fourth-order valence-electron chi connectivity index (χ4n) is 4.46. The number of aromatic nitrogens is 1. The molecule has 0 radical (unpaired) electrons. The second-order valence-electron chi connectivity index (χ2n) is 8.70. The number of alkyl halides is 3. The summed E-state index contributed by atoms with van der Waals surface area (Å²) in [4.78, 5) is 33.5. The Balaban J connectivity index is 1.78. The summed E-state index contributed by atoms with van der Waals surface area (Å²) in [7, 11) is 2.96. The third-order valence-corrected chi connectivity index (χ3v) is 6.93. The normalized spacial score (nSPS) is 16.7. The first kappa shape index (κ1) is 26.4. The minimum absolute atomic E-state index is 0.135. The van der Waals surface area contributed by atoms with Crippen LogP contribution in [0.1, 0.15) is 40.9 Å². The molecule has 37 heavy (non-hydrogen) atoms. The van der Waals surface area contributed by atoms with Gasteiger partial charge >= 0.3 is 6.18 Å². The van der Waals surface area contributed by atoms with Gasteiger partial charge in [-0.2, -0.15) is 18.4 Å². The maximum atomic E-state index is 15.8. The molecule has 0 N–H and O–H groups in total. The Labute approximate surface area is 215 Å². The first-order valence-corrected chi connectivity index (χ1v) is 11.6. The molecule has 0 unspecified atom stereocenters. The van der Waals surface area contributed by atoms with Crippen LogP contribution in [-0.2, 0) is 15.7 Å². The highest BCUT2D eigenvalue weighted by Crippen LogP contribution is 2.49. The van der Waals surface area contributed by atoms with E-state index in [1.54, 1.807) is 0 Å². The number of benzene rings is 1. The number of hydrogen-bond donors (Lipinski definition) is 0. The first-order valence-electron chi connectivity index (χ1n) is 11.2. The number of amides is 2. The second kappa shape index (κ2) is 9.68. The van der Waals surface area contributed by atoms with Crippen LogP contribution in [-0.4, -0.2) is 59.7 Å². The number of rotatable bonds is 6. The molecule has 1 aliphatic carbocycles. The van der Waals surface area contributed by atoms with Crippen molar-refractivity contribution in [2.24, 2.45) is 0 Å². The molecule has 1 aliphatic heterocycles. The van der Waals surface area contributed by atoms with Crippen molar-refractivity contribution >= 4 is 40.5 Å². The summed E-state index contributed by atoms with van der Waals surface area (Å²) in [6, 6.07) is 6.14. The van der Waals surface area contributed by atoms with Gasteiger partial charge in [0.05, 0.1) is 35.3 Å². The van der Waals surface area contributed by atoms with Gasteiger partial charge in [0.1, 0.15) is 11.6 Å². The van der Waals surface area contributed by atoms with Crippen molar-refractivity contribution in [3.05, 3.63) is 53.1 Å². The van der Waals surface area contributed by atoms with Crippen molar-refractivity contribution in [3.63, 3.8) is 0 Å². The monoisotopic (exact) mass is 535 g/mol. The van der Waals surface area contributed by atoms with Gasteiger partial charge in [0.15, 0.2) is 16.6 Å². The molecule has 1 aromatic heterocycles. The predicted octanol–water partition coefficient (Wildman–Crippen LogP) is 3.89. The Kier molecular flexibility index (Phi) is 6.91. The molecule has 1 saturated carbocycles. The Morgan fingerprint density at radius 2 is 2.05 bits per heavy atom. The lowest BCUT2D eigenvalue weighted by molar-refractivity contribution is -0.138. The van der Waals surface area contributed by atoms with Crippen LogP contribution < -0.4 is 9.80 Å². The Morgan fingerprint density at radius 1 is 1.35 bits per heavy atom. The van der Waals surface area contributed by atoms with E-state index in [4.69, 9.17) is 22.2 Å². The molecule has 2 heterocycles. The number of carbonyl (C=O) groups is 2. The number of hydrogen-bond acceptors (Lipinski definition) is 6. The number of thiocarbonyl (C=S) groups is 1. The molecule has 1 spiro atoms. The van der Waals surface area contributed by atoms with Crippen molar-refractivity contribution in [2.45, 2.75) is 31.0 Å². The highest BCUT2D eigenvalue weighted by molar-refractivity contribution is 7.81. The number of nitrogens with zero attached hydrogens (tertiary/aromatic N) is 5. The molecule has 4 rings (SSSR count). The average Bonchev–Trinajstić information content (AvgIpc) is 3.07. The summed E-state index contributed by atoms with van der Waals surface area (Å²) in [6.07, 6.45) is -2.78. The minimum atomic E-state index is -4.90. The fourth-order valence-corrected chi connectivity index (χ4v) is 4.92. The lowest BCUT2D eigenvalue weighted by Crippen LogP contribution is -2.55. The van der Waals surface area contributed by atoms with E-state index in [1.807, 2.05) is 0 Å². The Bertz CT molecular complexity index is 1320. The van der Waals surface area contributed by atoms with Crippen LogP contribution >= 0.6 is 12.2 Å². The molecule has 2 aromatic rings. The van der Waals surface area contributed by atoms with Crippen molar-refractivity contribution < 1.29 is 31.9 Å². The van der Waals surface area contributed by atoms with E-state index in [2.05, 4.69) is 4.98 Å². The van der Waals surface area contributed by atoms with Crippen LogP contribution in [0, 0.1) is 17.1 Å². The van der Waals surface area contributed by atoms with E-state index in [0.29, 0.717) is 12.5 Å². The van der Waals surface area contributed by atoms with Gasteiger partial charge in [-0.3, -0.25) is 14.5 Å². The molecule has 2 aliphatic rings. The molecular formula is C24H21F4N5O3S. The van der Waals surface area contributed by atoms with E-state index in [1.165, 1.54) is 48.2 Å². The molecular weight excluding hydrogens is 514 g/mol. The zero-order valence-electron chi connectivity index (χ0n) is 19.8. The van der Waals surface area contributed by atoms with E-state index in [0.717, 1.165) is 11.1 Å². The Morgan fingerprint density at radius 3 is 2.62 bits per heavy atom. The number of pyridine rings is 1. The first-order chi connectivity index (χ1) is 17.5. The van der Waals surface area contributed by atoms with Crippen LogP contribution in [0.4, 0.5) is 28.9 Å². The summed E-state index contributed by atoms with van der Waals surface area (Å²) in [5.74, 6) is -2.15. The zero-order valence-corrected chi connectivity index (χ0v) is 20.6. The molecule has 194 valence electrons. The Hall–Kier alpha value is -3.63. The van der Waals surface area contributed by atoms with Gasteiger partial charge in [-0.15, -0.1) is 0 Å². The van der Waals surface area contributed by atoms with E-state index >= 15 is 4.39 Å². The van der Waals surface area contributed by atoms with Crippen LogP contribution in [0.3, 0.4) is 0 Å². The van der Waals surface area contributed by atoms with Crippen LogP contribution in [0.5, 0.6) is 0 Å². The van der Waals surface area contributed by atoms with Gasteiger partial charge in [0.2, 0.25) is 0 Å². The summed E-state index contributed by atoms with van der Waals surface area (Å²) in [5.41, 5.74) is -4.15. The molecule has 1 saturated heterocycles. The number of likely N-dealkylation sites (N-methyl/N-ethyl adjacent to an activating group) is 1. The maximum Gasteiger partial charge on any atom is 0.419 e. The van der Waals surface area contributed by atoms with E-state index < -0.39 is 40.6 Å². The minimum Gasteiger partial charge on any atom is -0.383 e. The second-order valence-corrected chi connectivity index (χ2v) is 9.07. The molecule has 0 bridgehead atoms. The van der Waals surface area contributed by atoms with Gasteiger partial charge in [-0.25, -0.2) is 9.37 Å². The number of nitriles is 1. The highest BCUT2D eigenvalue weighted by atomic mass is 32.1. The number of ether oxygens (including phenoxy) is 1. The van der Waals surface area contributed by atoms with Crippen LogP contribution in [0.15, 0.2) is 30.5 Å². The van der Waals surface area contributed by atoms with Gasteiger partial charge in [0, 0.05) is 20.7 Å². The topological polar surface area (TPSA) is 89.8 Å². The quantitative estimate of drug-likeness (QED) is 0.410. The summed E-state index contributed by atoms with van der Waals surface area (Å²) in [6.45, 7) is 0.454. The van der Waals surface area contributed by atoms with Gasteiger partial charge in [-0.05, 0) is 49.7 Å². The molecule has 0 atom stereocenters. The SMILES string of the molecule is COCCN(C)C(=O)c1cccc(N2C(=S)N(c3cnc(C#N)c(C(F)(F)F)c3)C(=O)C23CCC3)c1F. The molecule has 2 fully saturated rings. The smallest absolute Gasteiger partial charge is 0.383 e. The summed E-state index contributed by atoms with van der Waals surface area (Å²) in [5, 5.41) is 8.79. The van der Waals surface area contributed by atoms with E-state index in [-0.39, 0.29) is 48.0 Å². The van der Waals surface area contributed by atoms with Crippen molar-refractivity contribution in [2.75, 3.05) is 37.1 Å². The summed E-state index contributed by atoms with van der Waals surface area (Å²) >= 11 is 5.51. The van der Waals surface area contributed by atoms with Crippen molar-refractivity contribution in [1.29, 1.82) is 5.26 Å². The lowest BCUT2D eigenvalue weighted by Gasteiger charge is -2.43. The number of anilines is 2. The summed E-state index contributed by atoms with van der Waals surface area (Å²) < 4.78 is 61.4. The lowest BCUT2D eigenvalue weighted by atomic mass is 9.75. The predicted molar refractivity (Wildman–Crippen MR) is 128 cm³/mol. The van der Waals surface area contributed by atoms with Gasteiger partial charge in [-0.1, -0.05) is 6.07 Å². The van der Waals surface area contributed by atoms with Crippen molar-refractivity contribution in [1.82, 2.24) is 9.88 Å². The standard InChI is InChI=1S/C24H21F4N5O3S/c1-31(9-10-36-2)20(34)15-5-3-6-18(19(15)25)33-22(37)32(21(35)23(33)7-4-8-23)14-11-16(24(26,27)28)17(12-29)30-13-14/h3,5-6,11,13H,4,7-10H2,1-2H3. The number of carbonyl (C=O) groups excluding carboxylic acids is 2. The van der Waals surface area contributed by atoms with Crippen LogP contribution in [0.25, 0.3) is 0 Å². The molecule has 1 aromatic carbocycles. The zero-order chi connectivity index (χ0) is 27.1. The number of halogens is 4. The third-order valence-electron chi connectivity index (χ3n) is 6.56. The molecule has 8 nitrogen and oxygen atoms in total. The highest BCUT2D eigenvalue weighted by Gasteiger charge is 2.60. The number of methoxy groups -OCH3 is 1. The van der Waals surface area contributed by atoms with Gasteiger partial charge in [0.25, 0.3) is 11.8 Å². The average molecular weight is 536 g/mol. The molecule has 13 heteroatoms. The van der Waals surface area contributed by atoms with Crippen LogP contribution in [0.2, 0.25) is 0 Å². The van der Waals surface area contributed by atoms with Crippen molar-refractivity contribution in [3.8, 4) is 6.07 Å². The van der Waals surface area contributed by atoms with Gasteiger partial charge < -0.3 is 14.5 Å². The largest absolute Gasteiger partial charge is 0.419 e. The van der Waals surface area contributed by atoms with E-state index in [9.17, 15) is 22.8 Å². The fraction of sp³-hybridized carbons (Fsp3) is 0.375. The maximum absolute atomic E-state index is 15.8. The third kappa shape index (κ3) is 4.30. The molecule has 2 amide bonds.